The van der Waals surface area contributed by atoms with Gasteiger partial charge in [-0.1, -0.05) is 20.3 Å². The van der Waals surface area contributed by atoms with E-state index in [1.54, 1.807) is 0 Å². The van der Waals surface area contributed by atoms with Gasteiger partial charge in [-0.05, 0) is 44.1 Å². The summed E-state index contributed by atoms with van der Waals surface area (Å²) in [5, 5.41) is 3.59. The van der Waals surface area contributed by atoms with E-state index in [2.05, 4.69) is 31.0 Å². The topological polar surface area (TPSA) is 15.3 Å². The maximum Gasteiger partial charge on any atom is 0.0192 e. The summed E-state index contributed by atoms with van der Waals surface area (Å²) in [5.74, 6) is 2.84. The Hall–Kier alpha value is -0.0800. The zero-order chi connectivity index (χ0) is 11.5. The second-order valence-corrected chi connectivity index (χ2v) is 6.31. The fraction of sp³-hybridized carbons (Fsp3) is 1.00. The lowest BCUT2D eigenvalue weighted by molar-refractivity contribution is 0.232. The van der Waals surface area contributed by atoms with Crippen molar-refractivity contribution in [1.82, 2.24) is 10.2 Å². The molecule has 0 radical (unpaired) electrons. The minimum absolute atomic E-state index is 0.726. The first-order chi connectivity index (χ1) is 7.66. The van der Waals surface area contributed by atoms with E-state index in [4.69, 9.17) is 0 Å². The van der Waals surface area contributed by atoms with Gasteiger partial charge in [-0.3, -0.25) is 4.90 Å². The highest BCUT2D eigenvalue weighted by atomic mass is 15.2. The van der Waals surface area contributed by atoms with Crippen LogP contribution < -0.4 is 5.32 Å². The van der Waals surface area contributed by atoms with Crippen LogP contribution in [0.4, 0.5) is 0 Å². The molecule has 2 fully saturated rings. The highest BCUT2D eigenvalue weighted by Crippen LogP contribution is 2.38. The fourth-order valence-electron chi connectivity index (χ4n) is 3.34. The second kappa shape index (κ2) is 5.50. The number of nitrogens with zero attached hydrogens (tertiary/aromatic N) is 1. The van der Waals surface area contributed by atoms with E-state index in [9.17, 15) is 0 Å². The first-order valence-corrected chi connectivity index (χ1v) is 7.11. The van der Waals surface area contributed by atoms with Crippen molar-refractivity contribution in [2.24, 2.45) is 17.8 Å². The summed E-state index contributed by atoms with van der Waals surface area (Å²) in [4.78, 5) is 2.71. The van der Waals surface area contributed by atoms with Crippen LogP contribution in [0.25, 0.3) is 0 Å². The minimum Gasteiger partial charge on any atom is -0.315 e. The lowest BCUT2D eigenvalue weighted by atomic mass is 10.0. The van der Waals surface area contributed by atoms with Crippen LogP contribution in [0.3, 0.4) is 0 Å². The number of fused-ring (bicyclic) bond motifs is 1. The molecule has 1 saturated heterocycles. The van der Waals surface area contributed by atoms with Gasteiger partial charge in [0.1, 0.15) is 0 Å². The third-order valence-corrected chi connectivity index (χ3v) is 4.37. The molecule has 1 N–H and O–H groups in total. The predicted octanol–water partition coefficient (Wildman–Crippen LogP) is 2.35. The minimum atomic E-state index is 0.726. The molecule has 1 saturated carbocycles. The zero-order valence-electron chi connectivity index (χ0n) is 11.2. The highest BCUT2D eigenvalue weighted by Gasteiger charge is 2.37. The van der Waals surface area contributed by atoms with Gasteiger partial charge in [0.2, 0.25) is 0 Å². The van der Waals surface area contributed by atoms with Crippen LogP contribution in [0, 0.1) is 17.8 Å². The summed E-state index contributed by atoms with van der Waals surface area (Å²) in [6.07, 6.45) is 4.48. The largest absolute Gasteiger partial charge is 0.315 e. The Kier molecular flexibility index (Phi) is 4.26. The van der Waals surface area contributed by atoms with E-state index < -0.39 is 0 Å². The van der Waals surface area contributed by atoms with Crippen molar-refractivity contribution < 1.29 is 0 Å². The van der Waals surface area contributed by atoms with Crippen LogP contribution in [0.5, 0.6) is 0 Å². The zero-order valence-corrected chi connectivity index (χ0v) is 11.2. The molecule has 2 aliphatic rings. The molecule has 16 heavy (non-hydrogen) atoms. The van der Waals surface area contributed by atoms with Gasteiger partial charge in [-0.2, -0.15) is 0 Å². The fourth-order valence-corrected chi connectivity index (χ4v) is 3.34. The maximum absolute atomic E-state index is 3.59. The van der Waals surface area contributed by atoms with Gasteiger partial charge in [-0.15, -0.1) is 0 Å². The van der Waals surface area contributed by atoms with Gasteiger partial charge in [0.15, 0.2) is 0 Å². The molecular formula is C14H28N2. The summed E-state index contributed by atoms with van der Waals surface area (Å²) in [7, 11) is 0. The number of hydrogen-bond acceptors (Lipinski definition) is 2. The molecule has 3 atom stereocenters. The Morgan fingerprint density at radius 3 is 2.25 bits per heavy atom. The lowest BCUT2D eigenvalue weighted by Gasteiger charge is -2.25. The van der Waals surface area contributed by atoms with Crippen molar-refractivity contribution in [1.29, 1.82) is 0 Å². The van der Waals surface area contributed by atoms with E-state index in [-0.39, 0.29) is 0 Å². The smallest absolute Gasteiger partial charge is 0.0192 e. The van der Waals surface area contributed by atoms with Gasteiger partial charge >= 0.3 is 0 Å². The third kappa shape index (κ3) is 2.98. The first-order valence-electron chi connectivity index (χ1n) is 7.11. The molecule has 2 heteroatoms. The summed E-state index contributed by atoms with van der Waals surface area (Å²) in [6.45, 7) is 12.0. The Bertz CT molecular complexity index is 203. The quantitative estimate of drug-likeness (QED) is 0.771. The number of hydrogen-bond donors (Lipinski definition) is 1. The molecule has 0 spiro atoms. The lowest BCUT2D eigenvalue weighted by Crippen LogP contribution is -2.40. The Balaban J connectivity index is 1.68. The van der Waals surface area contributed by atoms with E-state index in [1.165, 1.54) is 32.4 Å². The second-order valence-electron chi connectivity index (χ2n) is 6.31. The van der Waals surface area contributed by atoms with Crippen molar-refractivity contribution in [3.8, 4) is 0 Å². The van der Waals surface area contributed by atoms with Gasteiger partial charge < -0.3 is 5.32 Å². The van der Waals surface area contributed by atoms with Crippen molar-refractivity contribution in [2.45, 2.75) is 46.1 Å². The molecule has 94 valence electrons. The predicted molar refractivity (Wildman–Crippen MR) is 69.6 cm³/mol. The van der Waals surface area contributed by atoms with Gasteiger partial charge in [0.05, 0.1) is 0 Å². The Morgan fingerprint density at radius 1 is 1.06 bits per heavy atom. The number of nitrogens with one attached hydrogen (secondary N) is 1. The van der Waals surface area contributed by atoms with Crippen LogP contribution >= 0.6 is 0 Å². The van der Waals surface area contributed by atoms with E-state index in [0.29, 0.717) is 0 Å². The molecule has 1 aliphatic heterocycles. The molecule has 0 aromatic heterocycles. The highest BCUT2D eigenvalue weighted by molar-refractivity contribution is 4.90. The molecule has 2 rings (SSSR count). The van der Waals surface area contributed by atoms with Crippen molar-refractivity contribution in [2.75, 3.05) is 26.2 Å². The summed E-state index contributed by atoms with van der Waals surface area (Å²) in [6, 6.07) is 0.726. The van der Waals surface area contributed by atoms with Crippen LogP contribution in [-0.4, -0.2) is 37.1 Å². The molecule has 1 heterocycles. The molecule has 3 unspecified atom stereocenters. The first kappa shape index (κ1) is 12.4. The molecule has 0 aromatic rings. The Labute approximate surface area is 101 Å². The molecular weight excluding hydrogens is 196 g/mol. The maximum atomic E-state index is 3.59. The van der Waals surface area contributed by atoms with Crippen molar-refractivity contribution in [3.63, 3.8) is 0 Å². The average Bonchev–Trinajstić information content (AvgIpc) is 2.75. The Morgan fingerprint density at radius 2 is 1.69 bits per heavy atom. The summed E-state index contributed by atoms with van der Waals surface area (Å²) >= 11 is 0. The summed E-state index contributed by atoms with van der Waals surface area (Å²) < 4.78 is 0. The normalized spacial score (nSPS) is 32.2. The van der Waals surface area contributed by atoms with Crippen LogP contribution in [0.1, 0.15) is 40.0 Å². The van der Waals surface area contributed by atoms with Crippen molar-refractivity contribution in [3.05, 3.63) is 0 Å². The SMILES string of the molecule is CC(C)CNCC(C)N1CC2CCCC2C1. The standard InChI is InChI=1S/C14H28N2/c1-11(2)7-15-8-12(3)16-9-13-5-4-6-14(13)10-16/h11-15H,4-10H2,1-3H3. The summed E-state index contributed by atoms with van der Waals surface area (Å²) in [5.41, 5.74) is 0. The molecule has 2 nitrogen and oxygen atoms in total. The third-order valence-electron chi connectivity index (χ3n) is 4.37. The van der Waals surface area contributed by atoms with Crippen LogP contribution in [0.2, 0.25) is 0 Å². The van der Waals surface area contributed by atoms with Crippen LogP contribution in [-0.2, 0) is 0 Å². The van der Waals surface area contributed by atoms with E-state index in [1.807, 2.05) is 0 Å². The van der Waals surface area contributed by atoms with E-state index >= 15 is 0 Å². The number of rotatable bonds is 5. The van der Waals surface area contributed by atoms with Gasteiger partial charge in [0, 0.05) is 25.7 Å². The average molecular weight is 224 g/mol. The molecule has 0 bridgehead atoms. The van der Waals surface area contributed by atoms with E-state index in [0.717, 1.165) is 36.9 Å². The molecule has 0 amide bonds. The molecule has 0 aromatic carbocycles. The number of likely N-dealkylation sites (tertiary alicyclic amines) is 1. The van der Waals surface area contributed by atoms with Crippen molar-refractivity contribution >= 4 is 0 Å². The van der Waals surface area contributed by atoms with Gasteiger partial charge in [0.25, 0.3) is 0 Å². The van der Waals surface area contributed by atoms with Crippen LogP contribution in [0.15, 0.2) is 0 Å². The monoisotopic (exact) mass is 224 g/mol. The van der Waals surface area contributed by atoms with Gasteiger partial charge in [-0.25, -0.2) is 0 Å². The molecule has 1 aliphatic carbocycles.